The molecule has 0 aliphatic heterocycles. The van der Waals surface area contributed by atoms with Gasteiger partial charge >= 0.3 is 0 Å². The topological polar surface area (TPSA) is 32.6 Å². The molecule has 1 atom stereocenters. The number of nitrogens with zero attached hydrogens (tertiary/aromatic N) is 1. The van der Waals surface area contributed by atoms with Crippen LogP contribution in [0.1, 0.15) is 74.6 Å². The molecule has 4 rings (SSSR count). The lowest BCUT2D eigenvalue weighted by atomic mass is 9.96. The molecule has 0 heterocycles. The third kappa shape index (κ3) is 6.86. The second-order valence-electron chi connectivity index (χ2n) is 10.2. The number of aryl methyl sites for hydroxylation is 2. The zero-order chi connectivity index (χ0) is 25.3. The van der Waals surface area contributed by atoms with Gasteiger partial charge in [0.25, 0.3) is 0 Å². The lowest BCUT2D eigenvalue weighted by Crippen LogP contribution is -2.28. The van der Waals surface area contributed by atoms with Crippen molar-refractivity contribution in [1.29, 1.82) is 0 Å². The van der Waals surface area contributed by atoms with Gasteiger partial charge in [-0.15, -0.1) is 5.73 Å². The van der Waals surface area contributed by atoms with Gasteiger partial charge in [-0.2, -0.15) is 0 Å². The first-order valence-electron chi connectivity index (χ1n) is 13.5. The van der Waals surface area contributed by atoms with E-state index in [0.717, 1.165) is 52.6 Å². The summed E-state index contributed by atoms with van der Waals surface area (Å²) < 4.78 is 0. The van der Waals surface area contributed by atoms with Crippen LogP contribution in [0.2, 0.25) is 0 Å². The zero-order valence-corrected chi connectivity index (χ0v) is 22.1. The van der Waals surface area contributed by atoms with Gasteiger partial charge in [-0.25, -0.2) is 0 Å². The third-order valence-electron chi connectivity index (χ3n) is 7.25. The maximum absolute atomic E-state index is 10.7. The predicted octanol–water partition coefficient (Wildman–Crippen LogP) is 7.33. The summed E-state index contributed by atoms with van der Waals surface area (Å²) in [4.78, 5) is 4.93. The monoisotopic (exact) mass is 477 g/mol. The molecule has 1 N–H and O–H groups in total. The SMILES string of the molecule is CCCC(C)CCCc1ccc(N=C2C=C=c3c(Cc4ccccc4C)c(O)ccc3=CCC2)cc1. The predicted molar refractivity (Wildman–Crippen MR) is 154 cm³/mol. The van der Waals surface area contributed by atoms with E-state index in [0.29, 0.717) is 12.2 Å². The summed E-state index contributed by atoms with van der Waals surface area (Å²) in [6.45, 7) is 6.75. The van der Waals surface area contributed by atoms with Gasteiger partial charge in [0, 0.05) is 29.0 Å². The number of allylic oxidation sites excluding steroid dienone is 1. The number of benzene rings is 3. The van der Waals surface area contributed by atoms with Crippen LogP contribution in [0.3, 0.4) is 0 Å². The van der Waals surface area contributed by atoms with Gasteiger partial charge in [0.05, 0.1) is 5.69 Å². The average Bonchev–Trinajstić information content (AvgIpc) is 2.86. The average molecular weight is 478 g/mol. The van der Waals surface area contributed by atoms with Crippen LogP contribution < -0.4 is 10.4 Å². The summed E-state index contributed by atoms with van der Waals surface area (Å²) in [7, 11) is 0. The summed E-state index contributed by atoms with van der Waals surface area (Å²) in [5, 5.41) is 12.8. The highest BCUT2D eigenvalue weighted by molar-refractivity contribution is 5.98. The number of hydrogen-bond donors (Lipinski definition) is 1. The van der Waals surface area contributed by atoms with Crippen LogP contribution in [-0.4, -0.2) is 10.8 Å². The molecule has 0 aromatic heterocycles. The maximum Gasteiger partial charge on any atom is 0.120 e. The van der Waals surface area contributed by atoms with Crippen LogP contribution in [0.5, 0.6) is 5.75 Å². The van der Waals surface area contributed by atoms with E-state index in [1.165, 1.54) is 42.4 Å². The molecular weight excluding hydrogens is 438 g/mol. The van der Waals surface area contributed by atoms with Crippen molar-refractivity contribution in [2.24, 2.45) is 10.9 Å². The van der Waals surface area contributed by atoms with Crippen molar-refractivity contribution in [3.63, 3.8) is 0 Å². The van der Waals surface area contributed by atoms with Crippen LogP contribution in [0.25, 0.3) is 11.8 Å². The number of rotatable bonds is 9. The molecule has 2 heteroatoms. The Hall–Kier alpha value is -3.35. The van der Waals surface area contributed by atoms with Crippen molar-refractivity contribution in [3.8, 4) is 5.75 Å². The molecule has 0 radical (unpaired) electrons. The number of phenolic OH excluding ortho intramolecular Hbond substituents is 1. The second-order valence-corrected chi connectivity index (χ2v) is 10.2. The Balaban J connectivity index is 1.56. The quantitative estimate of drug-likeness (QED) is 0.344. The molecule has 3 aromatic carbocycles. The van der Waals surface area contributed by atoms with E-state index in [1.807, 2.05) is 18.2 Å². The Labute approximate surface area is 216 Å². The fourth-order valence-corrected chi connectivity index (χ4v) is 5.06. The molecule has 2 nitrogen and oxygen atoms in total. The molecule has 0 fully saturated rings. The highest BCUT2D eigenvalue weighted by Gasteiger charge is 2.09. The summed E-state index contributed by atoms with van der Waals surface area (Å²) in [6.07, 6.45) is 13.0. The third-order valence-corrected chi connectivity index (χ3v) is 7.25. The summed E-state index contributed by atoms with van der Waals surface area (Å²) >= 11 is 0. The van der Waals surface area contributed by atoms with Crippen molar-refractivity contribution >= 4 is 23.2 Å². The largest absolute Gasteiger partial charge is 0.508 e. The first kappa shape index (κ1) is 25.7. The van der Waals surface area contributed by atoms with E-state index in [-0.39, 0.29) is 0 Å². The normalized spacial score (nSPS) is 14.9. The van der Waals surface area contributed by atoms with Crippen molar-refractivity contribution in [3.05, 3.63) is 99.4 Å². The van der Waals surface area contributed by atoms with Crippen molar-refractivity contribution in [2.45, 2.75) is 72.1 Å². The first-order chi connectivity index (χ1) is 17.5. The van der Waals surface area contributed by atoms with E-state index in [1.54, 1.807) is 0 Å². The Kier molecular flexibility index (Phi) is 8.98. The molecule has 0 amide bonds. The minimum absolute atomic E-state index is 0.324. The van der Waals surface area contributed by atoms with Crippen LogP contribution >= 0.6 is 0 Å². The number of hydrogen-bond acceptors (Lipinski definition) is 2. The van der Waals surface area contributed by atoms with Gasteiger partial charge in [0.2, 0.25) is 0 Å². The lowest BCUT2D eigenvalue weighted by molar-refractivity contribution is 0.468. The summed E-state index contributed by atoms with van der Waals surface area (Å²) in [6, 6.07) is 20.9. The van der Waals surface area contributed by atoms with Gasteiger partial charge in [0.15, 0.2) is 0 Å². The molecule has 0 spiro atoms. The Morgan fingerprint density at radius 3 is 2.58 bits per heavy atom. The molecule has 1 unspecified atom stereocenters. The second kappa shape index (κ2) is 12.6. The van der Waals surface area contributed by atoms with Crippen molar-refractivity contribution < 1.29 is 5.11 Å². The van der Waals surface area contributed by atoms with Crippen molar-refractivity contribution in [1.82, 2.24) is 0 Å². The summed E-state index contributed by atoms with van der Waals surface area (Å²) in [5.74, 6) is 1.15. The van der Waals surface area contributed by atoms with E-state index < -0.39 is 0 Å². The van der Waals surface area contributed by atoms with Crippen LogP contribution in [-0.2, 0) is 12.8 Å². The molecule has 1 aliphatic carbocycles. The van der Waals surface area contributed by atoms with Crippen LogP contribution in [0.4, 0.5) is 5.69 Å². The number of aliphatic imine (C=N–C) groups is 1. The minimum atomic E-state index is 0.324. The molecule has 0 saturated carbocycles. The van der Waals surface area contributed by atoms with Gasteiger partial charge in [-0.3, -0.25) is 4.99 Å². The Morgan fingerprint density at radius 2 is 1.81 bits per heavy atom. The number of fused-ring (bicyclic) bond motifs is 1. The van der Waals surface area contributed by atoms with Gasteiger partial charge in [-0.05, 0) is 78.6 Å². The molecule has 186 valence electrons. The van der Waals surface area contributed by atoms with Crippen molar-refractivity contribution in [2.75, 3.05) is 0 Å². The lowest BCUT2D eigenvalue weighted by Gasteiger charge is -2.10. The van der Waals surface area contributed by atoms with E-state index >= 15 is 0 Å². The minimum Gasteiger partial charge on any atom is -0.508 e. The first-order valence-corrected chi connectivity index (χ1v) is 13.5. The zero-order valence-electron chi connectivity index (χ0n) is 22.1. The molecule has 1 aliphatic rings. The van der Waals surface area contributed by atoms with Crippen LogP contribution in [0.15, 0.2) is 71.7 Å². The van der Waals surface area contributed by atoms with Gasteiger partial charge in [0.1, 0.15) is 5.75 Å². The van der Waals surface area contributed by atoms with Gasteiger partial charge in [-0.1, -0.05) is 81.7 Å². The number of phenols is 1. The molecule has 0 bridgehead atoms. The highest BCUT2D eigenvalue weighted by atomic mass is 16.3. The molecule has 36 heavy (non-hydrogen) atoms. The smallest absolute Gasteiger partial charge is 0.120 e. The molecule has 3 aromatic rings. The fourth-order valence-electron chi connectivity index (χ4n) is 5.06. The molecule has 0 saturated heterocycles. The maximum atomic E-state index is 10.7. The molecular formula is C34H39NO. The van der Waals surface area contributed by atoms with E-state index in [2.05, 4.69) is 81.1 Å². The van der Waals surface area contributed by atoms with Gasteiger partial charge < -0.3 is 5.11 Å². The standard InChI is InChI=1S/C34H39NO/c1-4-9-25(2)10-7-12-27-16-19-31(20-17-27)35-30-15-8-14-28-18-23-34(36)33(32(28)22-21-30)24-29-13-6-5-11-26(29)3/h5-6,11,13-14,16-21,23,25,36H,4,7-10,12,15,24H2,1-3H3. The van der Waals surface area contributed by atoms with Crippen LogP contribution in [0, 0.1) is 12.8 Å². The Bertz CT molecular complexity index is 1360. The fraction of sp³-hybridized carbons (Fsp3) is 0.353. The van der Waals surface area contributed by atoms with E-state index in [9.17, 15) is 5.11 Å². The summed E-state index contributed by atoms with van der Waals surface area (Å²) in [5.41, 5.74) is 10.3. The Morgan fingerprint density at radius 1 is 1.00 bits per heavy atom. The number of aromatic hydroxyl groups is 1. The highest BCUT2D eigenvalue weighted by Crippen LogP contribution is 2.20. The van der Waals surface area contributed by atoms with E-state index in [4.69, 9.17) is 4.99 Å².